The van der Waals surface area contributed by atoms with Crippen LogP contribution in [0.1, 0.15) is 37.5 Å². The van der Waals surface area contributed by atoms with Crippen molar-refractivity contribution in [3.05, 3.63) is 47.7 Å². The summed E-state index contributed by atoms with van der Waals surface area (Å²) in [7, 11) is -3.97. The Bertz CT molecular complexity index is 1270. The van der Waals surface area contributed by atoms with Crippen LogP contribution in [0.3, 0.4) is 0 Å². The van der Waals surface area contributed by atoms with Crippen LogP contribution in [0.5, 0.6) is 0 Å². The lowest BCUT2D eigenvalue weighted by Crippen LogP contribution is -2.35. The number of carbonyl (C=O) groups excluding carboxylic acids is 4. The van der Waals surface area contributed by atoms with Crippen molar-refractivity contribution in [2.24, 2.45) is 0 Å². The molecule has 17 heteroatoms. The van der Waals surface area contributed by atoms with Gasteiger partial charge < -0.3 is 43.2 Å². The van der Waals surface area contributed by atoms with Crippen LogP contribution in [0.2, 0.25) is 0 Å². The van der Waals surface area contributed by atoms with Crippen molar-refractivity contribution in [2.45, 2.75) is 38.1 Å². The molecule has 0 bridgehead atoms. The summed E-state index contributed by atoms with van der Waals surface area (Å²) in [6.45, 7) is 1.03. The van der Waals surface area contributed by atoms with Gasteiger partial charge in [-0.3, -0.25) is 9.59 Å². The summed E-state index contributed by atoms with van der Waals surface area (Å²) < 4.78 is 19.6. The fraction of sp³-hybridized carbons (Fsp3) is 0.400. The number of carbonyl (C=O) groups is 4. The molecule has 4 N–H and O–H groups in total. The highest BCUT2D eigenvalue weighted by atomic mass is 31.2. The number of methoxy groups -OCH3 is 1. The van der Waals surface area contributed by atoms with Gasteiger partial charge in [-0.2, -0.15) is 0 Å². The third-order valence-electron chi connectivity index (χ3n) is 6.21. The largest absolute Gasteiger partial charge is 0.453 e. The number of amides is 3. The van der Waals surface area contributed by atoms with Gasteiger partial charge in [0.2, 0.25) is 12.7 Å². The molecule has 0 saturated carbocycles. The van der Waals surface area contributed by atoms with Gasteiger partial charge >= 0.3 is 18.2 Å². The summed E-state index contributed by atoms with van der Waals surface area (Å²) in [4.78, 5) is 87.0. The standard InChI is InChI=1S/C25H31N3O12P2/c1-16(29)28(25(32)39-15-38-22(30)7-8-23(41(33)34)42(35)36)14-20-13-21(26-40-20)19-5-3-17(4-6-19)18-9-11-27(12-10-18)24(31)37-2/h3-6,9,13,23,33-36H,7-8,10-12,14-15H2,1-2H3. The van der Waals surface area contributed by atoms with Gasteiger partial charge in [0.1, 0.15) is 5.69 Å². The Morgan fingerprint density at radius 1 is 1.07 bits per heavy atom. The van der Waals surface area contributed by atoms with E-state index in [1.807, 2.05) is 30.3 Å². The molecule has 0 saturated heterocycles. The second-order valence-electron chi connectivity index (χ2n) is 8.96. The number of rotatable bonds is 11. The summed E-state index contributed by atoms with van der Waals surface area (Å²) in [6.07, 6.45) is 0.547. The lowest BCUT2D eigenvalue weighted by atomic mass is 9.98. The van der Waals surface area contributed by atoms with E-state index in [0.29, 0.717) is 25.2 Å². The first kappa shape index (κ1) is 33.1. The Balaban J connectivity index is 1.52. The monoisotopic (exact) mass is 627 g/mol. The molecule has 1 aliphatic heterocycles. The average molecular weight is 627 g/mol. The highest BCUT2D eigenvalue weighted by Crippen LogP contribution is 2.51. The normalized spacial score (nSPS) is 13.3. The molecule has 0 fully saturated rings. The van der Waals surface area contributed by atoms with Crippen LogP contribution in [0.25, 0.3) is 16.8 Å². The van der Waals surface area contributed by atoms with Crippen molar-refractivity contribution >= 4 is 46.4 Å². The Kier molecular flexibility index (Phi) is 12.3. The Morgan fingerprint density at radius 3 is 2.31 bits per heavy atom. The number of hydrogen-bond acceptors (Lipinski definition) is 13. The number of esters is 1. The molecular weight excluding hydrogens is 596 g/mol. The number of aromatic nitrogens is 1. The lowest BCUT2D eigenvalue weighted by Gasteiger charge is -2.25. The van der Waals surface area contributed by atoms with E-state index in [4.69, 9.17) is 38.3 Å². The molecule has 0 radical (unpaired) electrons. The third-order valence-corrected chi connectivity index (χ3v) is 9.03. The second kappa shape index (κ2) is 15.7. The van der Waals surface area contributed by atoms with Gasteiger partial charge in [-0.25, -0.2) is 14.5 Å². The molecule has 3 amide bonds. The maximum atomic E-state index is 12.4. The number of hydrogen-bond donors (Lipinski definition) is 4. The molecule has 0 unspecified atom stereocenters. The number of benzene rings is 1. The highest BCUT2D eigenvalue weighted by Gasteiger charge is 2.27. The van der Waals surface area contributed by atoms with E-state index in [0.717, 1.165) is 28.5 Å². The van der Waals surface area contributed by atoms with E-state index >= 15 is 0 Å². The third kappa shape index (κ3) is 9.28. The van der Waals surface area contributed by atoms with Gasteiger partial charge in [-0.05, 0) is 24.0 Å². The van der Waals surface area contributed by atoms with Gasteiger partial charge in [0.15, 0.2) is 22.5 Å². The Labute approximate surface area is 243 Å². The van der Waals surface area contributed by atoms with Crippen molar-refractivity contribution < 1.29 is 57.5 Å². The molecule has 15 nitrogen and oxygen atoms in total. The maximum absolute atomic E-state index is 12.4. The molecule has 0 spiro atoms. The summed E-state index contributed by atoms with van der Waals surface area (Å²) in [5.74, 6) is -1.36. The second-order valence-corrected chi connectivity index (χ2v) is 11.9. The topological polar surface area (TPSA) is 209 Å². The molecule has 2 heterocycles. The minimum Gasteiger partial charge on any atom is -0.453 e. The van der Waals surface area contributed by atoms with Crippen molar-refractivity contribution in [3.63, 3.8) is 0 Å². The summed E-state index contributed by atoms with van der Waals surface area (Å²) in [6, 6.07) is 9.11. The van der Waals surface area contributed by atoms with Gasteiger partial charge in [0.25, 0.3) is 0 Å². The fourth-order valence-electron chi connectivity index (χ4n) is 3.93. The smallest absolute Gasteiger partial charge is 0.419 e. The molecule has 228 valence electrons. The van der Waals surface area contributed by atoms with Crippen LogP contribution in [0, 0.1) is 0 Å². The van der Waals surface area contributed by atoms with Gasteiger partial charge in [0, 0.05) is 38.1 Å². The molecule has 3 rings (SSSR count). The molecular formula is C25H31N3O12P2. The van der Waals surface area contributed by atoms with E-state index in [1.54, 1.807) is 11.0 Å². The zero-order chi connectivity index (χ0) is 30.8. The van der Waals surface area contributed by atoms with E-state index < -0.39 is 46.9 Å². The van der Waals surface area contributed by atoms with Crippen molar-refractivity contribution in [2.75, 3.05) is 27.0 Å². The van der Waals surface area contributed by atoms with E-state index in [9.17, 15) is 19.2 Å². The Hall–Kier alpha value is -3.45. The summed E-state index contributed by atoms with van der Waals surface area (Å²) in [5, 5.41) is 2.74. The zero-order valence-corrected chi connectivity index (χ0v) is 24.6. The predicted octanol–water partition coefficient (Wildman–Crippen LogP) is 2.88. The van der Waals surface area contributed by atoms with Crippen molar-refractivity contribution in [1.29, 1.82) is 0 Å². The predicted molar refractivity (Wildman–Crippen MR) is 148 cm³/mol. The van der Waals surface area contributed by atoms with Crippen LogP contribution < -0.4 is 0 Å². The highest BCUT2D eigenvalue weighted by molar-refractivity contribution is 7.64. The van der Waals surface area contributed by atoms with Crippen molar-refractivity contribution in [1.82, 2.24) is 15.0 Å². The number of nitrogens with zero attached hydrogens (tertiary/aromatic N) is 3. The fourth-order valence-corrected chi connectivity index (χ4v) is 5.39. The molecule has 42 heavy (non-hydrogen) atoms. The minimum absolute atomic E-state index is 0.191. The van der Waals surface area contributed by atoms with Crippen LogP contribution in [0.15, 0.2) is 40.9 Å². The van der Waals surface area contributed by atoms with E-state index in [1.165, 1.54) is 7.11 Å². The van der Waals surface area contributed by atoms with Crippen LogP contribution in [0.4, 0.5) is 9.59 Å². The summed E-state index contributed by atoms with van der Waals surface area (Å²) in [5.41, 5.74) is 3.30. The molecule has 1 aromatic heterocycles. The van der Waals surface area contributed by atoms with Crippen molar-refractivity contribution in [3.8, 4) is 11.3 Å². The number of ether oxygens (including phenoxy) is 3. The van der Waals surface area contributed by atoms with Crippen LogP contribution >= 0.6 is 16.8 Å². The molecule has 1 aliphatic rings. The average Bonchev–Trinajstić information content (AvgIpc) is 3.44. The maximum Gasteiger partial charge on any atom is 0.419 e. The van der Waals surface area contributed by atoms with Gasteiger partial charge in [-0.15, -0.1) is 0 Å². The van der Waals surface area contributed by atoms with E-state index in [2.05, 4.69) is 5.16 Å². The minimum atomic E-state index is -2.66. The van der Waals surface area contributed by atoms with Gasteiger partial charge in [-0.1, -0.05) is 35.5 Å². The summed E-state index contributed by atoms with van der Waals surface area (Å²) >= 11 is 0. The SMILES string of the molecule is COC(=O)N1CC=C(c2ccc(-c3cc(CN(C(C)=O)C(=O)OCOC(=O)CCC(P(O)O)P(O)O)on3)cc2)CC1. The van der Waals surface area contributed by atoms with Crippen LogP contribution in [-0.4, -0.2) is 91.0 Å². The Morgan fingerprint density at radius 2 is 1.74 bits per heavy atom. The van der Waals surface area contributed by atoms with E-state index in [-0.39, 0.29) is 31.2 Å². The van der Waals surface area contributed by atoms with Gasteiger partial charge in [0.05, 0.1) is 19.1 Å². The first-order valence-electron chi connectivity index (χ1n) is 12.5. The molecule has 0 atom stereocenters. The first-order chi connectivity index (χ1) is 20.0. The first-order valence-corrected chi connectivity index (χ1v) is 15.2. The lowest BCUT2D eigenvalue weighted by molar-refractivity contribution is -0.152. The molecule has 1 aromatic carbocycles. The van der Waals surface area contributed by atoms with Crippen LogP contribution in [-0.2, 0) is 30.3 Å². The molecule has 0 aliphatic carbocycles. The quantitative estimate of drug-likeness (QED) is 0.161. The number of imide groups is 1. The zero-order valence-electron chi connectivity index (χ0n) is 22.8. The molecule has 2 aromatic rings.